The molecule has 0 saturated heterocycles. The van der Waals surface area contributed by atoms with E-state index in [4.69, 9.17) is 0 Å². The Labute approximate surface area is 111 Å². The fourth-order valence-corrected chi connectivity index (χ4v) is 1.99. The number of fused-ring (bicyclic) bond motifs is 1. The number of rotatable bonds is 4. The maximum atomic E-state index is 11.8. The zero-order chi connectivity index (χ0) is 13.8. The molecule has 0 aliphatic heterocycles. The Kier molecular flexibility index (Phi) is 3.85. The number of hydrogen-bond acceptors (Lipinski definition) is 3. The summed E-state index contributed by atoms with van der Waals surface area (Å²) in [6, 6.07) is 9.11. The predicted molar refractivity (Wildman–Crippen MR) is 76.4 cm³/mol. The molecule has 5 nitrogen and oxygen atoms in total. The van der Waals surface area contributed by atoms with Crippen LogP contribution in [0, 0.1) is 0 Å². The van der Waals surface area contributed by atoms with Gasteiger partial charge in [0, 0.05) is 30.7 Å². The summed E-state index contributed by atoms with van der Waals surface area (Å²) in [7, 11) is 1.73. The van der Waals surface area contributed by atoms with Crippen LogP contribution < -0.4 is 16.2 Å². The van der Waals surface area contributed by atoms with Gasteiger partial charge in [-0.25, -0.2) is 0 Å². The Bertz CT molecular complexity index is 661. The number of nitrogens with zero attached hydrogens (tertiary/aromatic N) is 1. The number of likely N-dealkylation sites (N-methyl/N-ethyl adjacent to an activating group) is 1. The Morgan fingerprint density at radius 1 is 1.32 bits per heavy atom. The second-order valence-corrected chi connectivity index (χ2v) is 4.28. The van der Waals surface area contributed by atoms with Crippen molar-refractivity contribution < 1.29 is 4.79 Å². The van der Waals surface area contributed by atoms with Crippen molar-refractivity contribution in [1.29, 1.82) is 0 Å². The normalized spacial score (nSPS) is 10.4. The third-order valence-corrected chi connectivity index (χ3v) is 2.97. The smallest absolute Gasteiger partial charge is 0.252 e. The Hall–Kier alpha value is -2.30. The molecule has 0 aliphatic rings. The van der Waals surface area contributed by atoms with E-state index in [1.807, 2.05) is 31.2 Å². The van der Waals surface area contributed by atoms with Crippen LogP contribution in [0.1, 0.15) is 6.92 Å². The van der Waals surface area contributed by atoms with Gasteiger partial charge in [0.1, 0.15) is 0 Å². The number of benzene rings is 1. The highest BCUT2D eigenvalue weighted by atomic mass is 16.2. The summed E-state index contributed by atoms with van der Waals surface area (Å²) in [4.78, 5) is 23.3. The number of amides is 1. The molecule has 19 heavy (non-hydrogen) atoms. The number of para-hydroxylation sites is 1. The van der Waals surface area contributed by atoms with Gasteiger partial charge in [-0.1, -0.05) is 18.2 Å². The van der Waals surface area contributed by atoms with Crippen LogP contribution in [-0.2, 0) is 11.8 Å². The lowest BCUT2D eigenvalue weighted by molar-refractivity contribution is -0.119. The van der Waals surface area contributed by atoms with Crippen molar-refractivity contribution in [2.45, 2.75) is 6.92 Å². The van der Waals surface area contributed by atoms with Crippen molar-refractivity contribution in [3.8, 4) is 0 Å². The van der Waals surface area contributed by atoms with E-state index < -0.39 is 0 Å². The van der Waals surface area contributed by atoms with Gasteiger partial charge >= 0.3 is 0 Å². The SMILES string of the molecule is CCNC(=O)CNc1cc(=O)n(C)c2ccccc12. The molecular formula is C14H17N3O2. The van der Waals surface area contributed by atoms with E-state index in [-0.39, 0.29) is 18.0 Å². The van der Waals surface area contributed by atoms with Crippen molar-refractivity contribution in [2.24, 2.45) is 7.05 Å². The number of carbonyl (C=O) groups is 1. The molecule has 0 radical (unpaired) electrons. The first kappa shape index (κ1) is 13.1. The summed E-state index contributed by atoms with van der Waals surface area (Å²) in [5.74, 6) is -0.0905. The Balaban J connectivity index is 2.36. The van der Waals surface area contributed by atoms with Crippen molar-refractivity contribution in [2.75, 3.05) is 18.4 Å². The second kappa shape index (κ2) is 5.56. The third-order valence-electron chi connectivity index (χ3n) is 2.97. The molecule has 0 atom stereocenters. The topological polar surface area (TPSA) is 63.1 Å². The molecule has 0 saturated carbocycles. The van der Waals surface area contributed by atoms with Crippen molar-refractivity contribution >= 4 is 22.5 Å². The van der Waals surface area contributed by atoms with Crippen LogP contribution in [0.25, 0.3) is 10.9 Å². The largest absolute Gasteiger partial charge is 0.375 e. The highest BCUT2D eigenvalue weighted by Gasteiger charge is 2.07. The average Bonchev–Trinajstić information content (AvgIpc) is 2.42. The zero-order valence-corrected chi connectivity index (χ0v) is 11.1. The number of hydrogen-bond donors (Lipinski definition) is 2. The van der Waals surface area contributed by atoms with E-state index in [0.29, 0.717) is 12.2 Å². The fraction of sp³-hybridized carbons (Fsp3) is 0.286. The summed E-state index contributed by atoms with van der Waals surface area (Å²) in [5.41, 5.74) is 1.43. The Morgan fingerprint density at radius 3 is 2.79 bits per heavy atom. The molecule has 0 bridgehead atoms. The first-order valence-corrected chi connectivity index (χ1v) is 6.23. The lowest BCUT2D eigenvalue weighted by atomic mass is 10.2. The molecule has 2 N–H and O–H groups in total. The van der Waals surface area contributed by atoms with Gasteiger partial charge in [0.2, 0.25) is 5.91 Å². The molecule has 2 aromatic rings. The molecule has 1 heterocycles. The number of aromatic nitrogens is 1. The number of carbonyl (C=O) groups excluding carboxylic acids is 1. The van der Waals surface area contributed by atoms with Gasteiger partial charge < -0.3 is 15.2 Å². The molecular weight excluding hydrogens is 242 g/mol. The minimum atomic E-state index is -0.0999. The van der Waals surface area contributed by atoms with Crippen molar-refractivity contribution in [1.82, 2.24) is 9.88 Å². The van der Waals surface area contributed by atoms with Crippen LogP contribution in [0.15, 0.2) is 35.1 Å². The summed E-state index contributed by atoms with van der Waals surface area (Å²) < 4.78 is 1.59. The summed E-state index contributed by atoms with van der Waals surface area (Å²) >= 11 is 0. The van der Waals surface area contributed by atoms with Gasteiger partial charge in [-0.3, -0.25) is 9.59 Å². The van der Waals surface area contributed by atoms with Crippen LogP contribution in [-0.4, -0.2) is 23.6 Å². The maximum Gasteiger partial charge on any atom is 0.252 e. The number of pyridine rings is 1. The zero-order valence-electron chi connectivity index (χ0n) is 11.1. The molecule has 5 heteroatoms. The first-order valence-electron chi connectivity index (χ1n) is 6.23. The van der Waals surface area contributed by atoms with Crippen LogP contribution in [0.3, 0.4) is 0 Å². The standard InChI is InChI=1S/C14H17N3O2/c1-3-15-13(18)9-16-11-8-14(19)17(2)12-7-5-4-6-10(11)12/h4-8,16H,3,9H2,1-2H3,(H,15,18). The molecule has 100 valence electrons. The van der Waals surface area contributed by atoms with Gasteiger partial charge in [0.15, 0.2) is 0 Å². The maximum absolute atomic E-state index is 11.8. The minimum absolute atomic E-state index is 0.0905. The van der Waals surface area contributed by atoms with Crippen LogP contribution in [0.5, 0.6) is 0 Å². The highest BCUT2D eigenvalue weighted by molar-refractivity contribution is 5.93. The van der Waals surface area contributed by atoms with Gasteiger partial charge in [-0.2, -0.15) is 0 Å². The monoisotopic (exact) mass is 259 g/mol. The number of aryl methyl sites for hydroxylation is 1. The van der Waals surface area contributed by atoms with E-state index >= 15 is 0 Å². The predicted octanol–water partition coefficient (Wildman–Crippen LogP) is 1.09. The molecule has 0 spiro atoms. The van der Waals surface area contributed by atoms with E-state index in [2.05, 4.69) is 10.6 Å². The molecule has 0 fully saturated rings. The van der Waals surface area contributed by atoms with Crippen LogP contribution in [0.2, 0.25) is 0 Å². The highest BCUT2D eigenvalue weighted by Crippen LogP contribution is 2.20. The summed E-state index contributed by atoms with van der Waals surface area (Å²) in [6.07, 6.45) is 0. The lowest BCUT2D eigenvalue weighted by Gasteiger charge is -2.11. The summed E-state index contributed by atoms with van der Waals surface area (Å²) in [6.45, 7) is 2.62. The molecule has 1 amide bonds. The first-order chi connectivity index (χ1) is 9.13. The van der Waals surface area contributed by atoms with E-state index in [1.54, 1.807) is 11.6 Å². The quantitative estimate of drug-likeness (QED) is 0.864. The van der Waals surface area contributed by atoms with E-state index in [1.165, 1.54) is 6.07 Å². The summed E-state index contributed by atoms with van der Waals surface area (Å²) in [5, 5.41) is 6.64. The molecule has 0 aliphatic carbocycles. The Morgan fingerprint density at radius 2 is 2.05 bits per heavy atom. The van der Waals surface area contributed by atoms with E-state index in [0.717, 1.165) is 10.9 Å². The minimum Gasteiger partial charge on any atom is -0.375 e. The molecule has 0 unspecified atom stereocenters. The lowest BCUT2D eigenvalue weighted by Crippen LogP contribution is -2.30. The molecule has 1 aromatic carbocycles. The van der Waals surface area contributed by atoms with Gasteiger partial charge in [0.05, 0.1) is 12.1 Å². The second-order valence-electron chi connectivity index (χ2n) is 4.28. The molecule has 2 rings (SSSR count). The van der Waals surface area contributed by atoms with Gasteiger partial charge in [-0.15, -0.1) is 0 Å². The van der Waals surface area contributed by atoms with Crippen molar-refractivity contribution in [3.63, 3.8) is 0 Å². The fourth-order valence-electron chi connectivity index (χ4n) is 1.99. The average molecular weight is 259 g/mol. The van der Waals surface area contributed by atoms with Crippen LogP contribution in [0.4, 0.5) is 5.69 Å². The van der Waals surface area contributed by atoms with Gasteiger partial charge in [0.25, 0.3) is 5.56 Å². The van der Waals surface area contributed by atoms with Crippen LogP contribution >= 0.6 is 0 Å². The number of anilines is 1. The third kappa shape index (κ3) is 2.76. The van der Waals surface area contributed by atoms with Gasteiger partial charge in [-0.05, 0) is 13.0 Å². The number of nitrogens with one attached hydrogen (secondary N) is 2. The van der Waals surface area contributed by atoms with Crippen molar-refractivity contribution in [3.05, 3.63) is 40.7 Å². The molecule has 1 aromatic heterocycles. The van der Waals surface area contributed by atoms with E-state index in [9.17, 15) is 9.59 Å².